The van der Waals surface area contributed by atoms with Crippen LogP contribution in [0.3, 0.4) is 0 Å². The zero-order chi connectivity index (χ0) is 19.6. The van der Waals surface area contributed by atoms with E-state index in [1.807, 2.05) is 9.80 Å². The molecule has 1 atom stereocenters. The van der Waals surface area contributed by atoms with E-state index in [1.165, 1.54) is 0 Å². The fourth-order valence-electron chi connectivity index (χ4n) is 3.95. The number of likely N-dealkylation sites (tertiary alicyclic amines) is 1. The van der Waals surface area contributed by atoms with Gasteiger partial charge < -0.3 is 14.2 Å². The SMILES string of the molecule is CC(C)CCc1nc2c(o1)CCN(C(=O)C1CCC(=O)N(CC(C)C)C1)C2. The Morgan fingerprint density at radius 3 is 2.70 bits per heavy atom. The number of aromatic nitrogens is 1. The van der Waals surface area contributed by atoms with Crippen molar-refractivity contribution >= 4 is 11.8 Å². The maximum absolute atomic E-state index is 13.1. The zero-order valence-corrected chi connectivity index (χ0v) is 17.2. The number of aryl methyl sites for hydroxylation is 1. The molecule has 3 heterocycles. The van der Waals surface area contributed by atoms with Crippen LogP contribution in [-0.2, 0) is 29.0 Å². The molecular formula is C21H33N3O3. The molecule has 0 spiro atoms. The van der Waals surface area contributed by atoms with Crippen LogP contribution in [0.4, 0.5) is 0 Å². The number of carbonyl (C=O) groups excluding carboxylic acids is 2. The van der Waals surface area contributed by atoms with Crippen LogP contribution in [0.25, 0.3) is 0 Å². The predicted octanol–water partition coefficient (Wildman–Crippen LogP) is 3.04. The van der Waals surface area contributed by atoms with Crippen molar-refractivity contribution in [3.63, 3.8) is 0 Å². The average molecular weight is 376 g/mol. The van der Waals surface area contributed by atoms with E-state index in [4.69, 9.17) is 4.42 Å². The van der Waals surface area contributed by atoms with Crippen LogP contribution in [0.2, 0.25) is 0 Å². The molecule has 3 rings (SSSR count). The first kappa shape index (κ1) is 19.9. The van der Waals surface area contributed by atoms with Gasteiger partial charge in [0.25, 0.3) is 0 Å². The number of carbonyl (C=O) groups is 2. The van der Waals surface area contributed by atoms with Gasteiger partial charge >= 0.3 is 0 Å². The minimum Gasteiger partial charge on any atom is -0.445 e. The molecular weight excluding hydrogens is 342 g/mol. The quantitative estimate of drug-likeness (QED) is 0.766. The van der Waals surface area contributed by atoms with Crippen molar-refractivity contribution in [3.05, 3.63) is 17.3 Å². The summed E-state index contributed by atoms with van der Waals surface area (Å²) in [5.41, 5.74) is 0.916. The van der Waals surface area contributed by atoms with Crippen LogP contribution in [0.5, 0.6) is 0 Å². The van der Waals surface area contributed by atoms with E-state index in [-0.39, 0.29) is 17.7 Å². The highest BCUT2D eigenvalue weighted by Gasteiger charge is 2.35. The first-order chi connectivity index (χ1) is 12.8. The summed E-state index contributed by atoms with van der Waals surface area (Å²) in [6.45, 7) is 11.1. The Bertz CT molecular complexity index is 680. The average Bonchev–Trinajstić information content (AvgIpc) is 3.03. The van der Waals surface area contributed by atoms with Crippen LogP contribution in [0.15, 0.2) is 4.42 Å². The number of hydrogen-bond acceptors (Lipinski definition) is 4. The van der Waals surface area contributed by atoms with E-state index in [0.717, 1.165) is 43.2 Å². The van der Waals surface area contributed by atoms with Gasteiger partial charge in [-0.3, -0.25) is 9.59 Å². The van der Waals surface area contributed by atoms with Gasteiger partial charge in [-0.2, -0.15) is 0 Å². The van der Waals surface area contributed by atoms with E-state index in [1.54, 1.807) is 0 Å². The summed E-state index contributed by atoms with van der Waals surface area (Å²) in [7, 11) is 0. The van der Waals surface area contributed by atoms with Gasteiger partial charge in [-0.1, -0.05) is 27.7 Å². The number of nitrogens with zero attached hydrogens (tertiary/aromatic N) is 3. The molecule has 0 aliphatic carbocycles. The normalized spacial score (nSPS) is 20.5. The lowest BCUT2D eigenvalue weighted by Gasteiger charge is -2.36. The number of oxazole rings is 1. The first-order valence-electron chi connectivity index (χ1n) is 10.4. The third-order valence-corrected chi connectivity index (χ3v) is 5.45. The smallest absolute Gasteiger partial charge is 0.227 e. The summed E-state index contributed by atoms with van der Waals surface area (Å²) >= 11 is 0. The standard InChI is InChI=1S/C21H33N3O3/c1-14(2)5-7-19-22-17-13-23(10-9-18(17)27-19)21(26)16-6-8-20(25)24(12-16)11-15(3)4/h14-16H,5-13H2,1-4H3. The lowest BCUT2D eigenvalue weighted by molar-refractivity contribution is -0.144. The van der Waals surface area contributed by atoms with Gasteiger partial charge in [-0.25, -0.2) is 4.98 Å². The summed E-state index contributed by atoms with van der Waals surface area (Å²) in [6.07, 6.45) is 3.79. The molecule has 0 aromatic carbocycles. The topological polar surface area (TPSA) is 66.7 Å². The number of hydrogen-bond donors (Lipinski definition) is 0. The fraction of sp³-hybridized carbons (Fsp3) is 0.762. The highest BCUT2D eigenvalue weighted by atomic mass is 16.4. The van der Waals surface area contributed by atoms with Crippen molar-refractivity contribution < 1.29 is 14.0 Å². The summed E-state index contributed by atoms with van der Waals surface area (Å²) in [4.78, 5) is 33.6. The molecule has 0 N–H and O–H groups in total. The molecule has 1 unspecified atom stereocenters. The molecule has 150 valence electrons. The Hall–Kier alpha value is -1.85. The van der Waals surface area contributed by atoms with E-state index in [0.29, 0.717) is 44.3 Å². The fourth-order valence-corrected chi connectivity index (χ4v) is 3.95. The van der Waals surface area contributed by atoms with Gasteiger partial charge in [0.2, 0.25) is 11.8 Å². The highest BCUT2D eigenvalue weighted by molar-refractivity contribution is 5.84. The molecule has 2 amide bonds. The Kier molecular flexibility index (Phi) is 6.22. The summed E-state index contributed by atoms with van der Waals surface area (Å²) in [6, 6.07) is 0. The predicted molar refractivity (Wildman–Crippen MR) is 103 cm³/mol. The minimum atomic E-state index is -0.0877. The van der Waals surface area contributed by atoms with Crippen LogP contribution in [0, 0.1) is 17.8 Å². The van der Waals surface area contributed by atoms with Crippen molar-refractivity contribution in [3.8, 4) is 0 Å². The van der Waals surface area contributed by atoms with Gasteiger partial charge in [0.1, 0.15) is 11.5 Å². The second kappa shape index (κ2) is 8.44. The molecule has 1 saturated heterocycles. The minimum absolute atomic E-state index is 0.0877. The molecule has 27 heavy (non-hydrogen) atoms. The molecule has 2 aliphatic rings. The summed E-state index contributed by atoms with van der Waals surface area (Å²) in [5, 5.41) is 0. The molecule has 1 fully saturated rings. The van der Waals surface area contributed by atoms with Gasteiger partial charge in [0.15, 0.2) is 5.89 Å². The first-order valence-corrected chi connectivity index (χ1v) is 10.4. The third kappa shape index (κ3) is 4.90. The molecule has 2 aliphatic heterocycles. The Morgan fingerprint density at radius 2 is 2.00 bits per heavy atom. The second-order valence-corrected chi connectivity index (χ2v) is 8.85. The zero-order valence-electron chi connectivity index (χ0n) is 17.2. The van der Waals surface area contributed by atoms with E-state index in [2.05, 4.69) is 32.7 Å². The molecule has 1 aromatic heterocycles. The highest BCUT2D eigenvalue weighted by Crippen LogP contribution is 2.26. The maximum Gasteiger partial charge on any atom is 0.227 e. The van der Waals surface area contributed by atoms with Crippen molar-refractivity contribution in [1.82, 2.24) is 14.8 Å². The van der Waals surface area contributed by atoms with E-state index >= 15 is 0 Å². The van der Waals surface area contributed by atoms with E-state index in [9.17, 15) is 9.59 Å². The number of fused-ring (bicyclic) bond motifs is 1. The molecule has 6 nitrogen and oxygen atoms in total. The summed E-state index contributed by atoms with van der Waals surface area (Å²) < 4.78 is 5.90. The van der Waals surface area contributed by atoms with Crippen molar-refractivity contribution in [2.75, 3.05) is 19.6 Å². The van der Waals surface area contributed by atoms with Gasteiger partial charge in [0.05, 0.1) is 12.5 Å². The van der Waals surface area contributed by atoms with Crippen LogP contribution >= 0.6 is 0 Å². The van der Waals surface area contributed by atoms with Gasteiger partial charge in [-0.05, 0) is 24.7 Å². The largest absolute Gasteiger partial charge is 0.445 e. The Morgan fingerprint density at radius 1 is 1.22 bits per heavy atom. The Balaban J connectivity index is 1.61. The number of piperidine rings is 1. The second-order valence-electron chi connectivity index (χ2n) is 8.85. The Labute approximate surface area is 162 Å². The van der Waals surface area contributed by atoms with Crippen molar-refractivity contribution in [2.24, 2.45) is 17.8 Å². The molecule has 0 bridgehead atoms. The van der Waals surface area contributed by atoms with Crippen LogP contribution in [0.1, 0.15) is 64.3 Å². The van der Waals surface area contributed by atoms with Gasteiger partial charge in [0, 0.05) is 38.9 Å². The van der Waals surface area contributed by atoms with Crippen LogP contribution in [-0.4, -0.2) is 46.2 Å². The van der Waals surface area contributed by atoms with Crippen molar-refractivity contribution in [1.29, 1.82) is 0 Å². The van der Waals surface area contributed by atoms with E-state index < -0.39 is 0 Å². The van der Waals surface area contributed by atoms with Gasteiger partial charge in [-0.15, -0.1) is 0 Å². The number of rotatable bonds is 6. The molecule has 6 heteroatoms. The van der Waals surface area contributed by atoms with Crippen molar-refractivity contribution in [2.45, 2.75) is 66.3 Å². The molecule has 0 saturated carbocycles. The summed E-state index contributed by atoms with van der Waals surface area (Å²) in [5.74, 6) is 3.03. The number of amides is 2. The van der Waals surface area contributed by atoms with Crippen LogP contribution < -0.4 is 0 Å². The molecule has 0 radical (unpaired) electrons. The third-order valence-electron chi connectivity index (χ3n) is 5.45. The lowest BCUT2D eigenvalue weighted by Crippen LogP contribution is -2.48. The monoisotopic (exact) mass is 375 g/mol. The maximum atomic E-state index is 13.1. The lowest BCUT2D eigenvalue weighted by atomic mass is 9.94. The molecule has 1 aromatic rings.